The predicted octanol–water partition coefficient (Wildman–Crippen LogP) is 4.87. The highest BCUT2D eigenvalue weighted by molar-refractivity contribution is 5.96. The van der Waals surface area contributed by atoms with Gasteiger partial charge in [0.1, 0.15) is 23.7 Å². The second-order valence-corrected chi connectivity index (χ2v) is 16.5. The van der Waals surface area contributed by atoms with E-state index in [1.807, 2.05) is 31.1 Å². The average molecular weight is 711 g/mol. The van der Waals surface area contributed by atoms with Crippen LogP contribution in [0.25, 0.3) is 11.1 Å². The molecule has 9 atom stereocenters. The number of hydrogen-bond acceptors (Lipinski definition) is 8. The fourth-order valence-corrected chi connectivity index (χ4v) is 9.16. The summed E-state index contributed by atoms with van der Waals surface area (Å²) in [7, 11) is 5.43. The van der Waals surface area contributed by atoms with Gasteiger partial charge in [-0.2, -0.15) is 5.06 Å². The van der Waals surface area contributed by atoms with Gasteiger partial charge in [-0.3, -0.25) is 14.4 Å². The van der Waals surface area contributed by atoms with Crippen LogP contribution in [-0.2, 0) is 16.2 Å². The molecule has 282 valence electrons. The van der Waals surface area contributed by atoms with Crippen LogP contribution in [-0.4, -0.2) is 96.7 Å². The third kappa shape index (κ3) is 8.28. The first-order chi connectivity index (χ1) is 24.0. The summed E-state index contributed by atoms with van der Waals surface area (Å²) in [4.78, 5) is 35.8. The minimum Gasteiger partial charge on any atom is -0.496 e. The number of aliphatic hydroxyl groups is 2. The Bertz CT molecular complexity index is 1540. The first-order valence-electron chi connectivity index (χ1n) is 18.5. The van der Waals surface area contributed by atoms with E-state index >= 15 is 4.39 Å². The van der Waals surface area contributed by atoms with Gasteiger partial charge in [-0.15, -0.1) is 0 Å². The second-order valence-electron chi connectivity index (χ2n) is 16.5. The Labute approximate surface area is 303 Å². The smallest absolute Gasteiger partial charge is 0.251 e. The van der Waals surface area contributed by atoms with Gasteiger partial charge in [0.2, 0.25) is 5.91 Å². The standard InChI is InChI=1S/C40H59FN4O6/c1-22(2)13-30(20-44(7)8)42-38(48)27-14-26(15-29(41)16-27)31-12-10-11-25(37(31)50-9)19-45-36(35(24(4)47)34(21-46)51-45)39(49)43-33-18-28-17-32(23(33)3)40(28,5)6/h10-12,14-16,22-24,28,30,32-36,46-47H,13,17-21H2,1-9H3,(H,42,48)(H,43,49)/t23-,24-,28+,30-,32+,33-,34-,35+,36-/m0/s1. The zero-order chi connectivity index (χ0) is 37.4. The fourth-order valence-electron chi connectivity index (χ4n) is 9.16. The van der Waals surface area contributed by atoms with Crippen molar-refractivity contribution in [2.45, 2.75) is 97.7 Å². The number of carbonyl (C=O) groups excluding carboxylic acids is 2. The number of amides is 2. The van der Waals surface area contributed by atoms with Crippen molar-refractivity contribution in [1.82, 2.24) is 20.6 Å². The third-order valence-electron chi connectivity index (χ3n) is 11.8. The third-order valence-corrected chi connectivity index (χ3v) is 11.8. The van der Waals surface area contributed by atoms with E-state index in [1.165, 1.54) is 30.7 Å². The zero-order valence-electron chi connectivity index (χ0n) is 31.8. The number of nitrogens with zero attached hydrogens (tertiary/aromatic N) is 2. The van der Waals surface area contributed by atoms with Crippen LogP contribution in [0.15, 0.2) is 36.4 Å². The van der Waals surface area contributed by atoms with E-state index in [2.05, 4.69) is 45.3 Å². The molecule has 1 saturated heterocycles. The van der Waals surface area contributed by atoms with Crippen molar-refractivity contribution in [2.75, 3.05) is 34.4 Å². The molecule has 4 aliphatic rings. The van der Waals surface area contributed by atoms with Gasteiger partial charge in [-0.05, 0) is 93.1 Å². The molecule has 10 nitrogen and oxygen atoms in total. The number of fused-ring (bicyclic) bond motifs is 2. The molecule has 0 unspecified atom stereocenters. The molecule has 6 rings (SSSR count). The SMILES string of the molecule is COc1c(CN2O[C@@H](CO)[C@@H]([C@H](C)O)[C@H]2C(=O)N[C@H]2C[C@H]3C[C@H]([C@@H]2C)C3(C)C)cccc1-c1cc(F)cc(C(=O)N[C@@H](CC(C)C)CN(C)C)c1. The van der Waals surface area contributed by atoms with Crippen LogP contribution in [0.3, 0.4) is 0 Å². The van der Waals surface area contributed by atoms with Crippen molar-refractivity contribution in [3.63, 3.8) is 0 Å². The Balaban J connectivity index is 1.41. The van der Waals surface area contributed by atoms with Crippen LogP contribution in [0, 0.1) is 40.8 Å². The van der Waals surface area contributed by atoms with Gasteiger partial charge in [0, 0.05) is 41.2 Å². The van der Waals surface area contributed by atoms with E-state index in [1.54, 1.807) is 19.1 Å². The molecule has 3 saturated carbocycles. The lowest BCUT2D eigenvalue weighted by atomic mass is 9.45. The predicted molar refractivity (Wildman–Crippen MR) is 195 cm³/mol. The minimum atomic E-state index is -0.929. The average Bonchev–Trinajstić information content (AvgIpc) is 3.43. The van der Waals surface area contributed by atoms with E-state index < -0.39 is 30.0 Å². The Morgan fingerprint density at radius 2 is 1.88 bits per heavy atom. The molecule has 2 aromatic carbocycles. The number of halogens is 1. The van der Waals surface area contributed by atoms with E-state index in [-0.39, 0.29) is 48.0 Å². The summed E-state index contributed by atoms with van der Waals surface area (Å²) >= 11 is 0. The molecule has 2 bridgehead atoms. The highest BCUT2D eigenvalue weighted by atomic mass is 19.1. The number of para-hydroxylation sites is 1. The van der Waals surface area contributed by atoms with Crippen LogP contribution in [0.1, 0.15) is 76.7 Å². The lowest BCUT2D eigenvalue weighted by Gasteiger charge is -2.62. The normalized spacial score (nSPS) is 28.3. The lowest BCUT2D eigenvalue weighted by Crippen LogP contribution is -2.62. The Kier molecular flexibility index (Phi) is 12.2. The maximum absolute atomic E-state index is 15.2. The molecule has 2 amide bonds. The van der Waals surface area contributed by atoms with Crippen molar-refractivity contribution in [3.8, 4) is 16.9 Å². The number of nitrogens with one attached hydrogen (secondary N) is 2. The van der Waals surface area contributed by atoms with Crippen LogP contribution >= 0.6 is 0 Å². The first kappa shape index (κ1) is 39.1. The molecule has 51 heavy (non-hydrogen) atoms. The molecular weight excluding hydrogens is 651 g/mol. The van der Waals surface area contributed by atoms with Crippen LogP contribution in [0.4, 0.5) is 4.39 Å². The number of hydrogen-bond donors (Lipinski definition) is 4. The van der Waals surface area contributed by atoms with Gasteiger partial charge in [0.15, 0.2) is 0 Å². The van der Waals surface area contributed by atoms with Crippen LogP contribution in [0.2, 0.25) is 0 Å². The van der Waals surface area contributed by atoms with Crippen molar-refractivity contribution in [2.24, 2.45) is 35.0 Å². The number of benzene rings is 2. The topological polar surface area (TPSA) is 124 Å². The Hall–Kier alpha value is -3.09. The Morgan fingerprint density at radius 1 is 1.16 bits per heavy atom. The monoisotopic (exact) mass is 710 g/mol. The first-order valence-corrected chi connectivity index (χ1v) is 18.5. The van der Waals surface area contributed by atoms with E-state index in [9.17, 15) is 19.8 Å². The Morgan fingerprint density at radius 3 is 2.47 bits per heavy atom. The minimum absolute atomic E-state index is 0.0136. The van der Waals surface area contributed by atoms with E-state index in [0.29, 0.717) is 52.7 Å². The molecule has 4 fully saturated rings. The van der Waals surface area contributed by atoms with Crippen molar-refractivity contribution in [3.05, 3.63) is 53.3 Å². The number of carbonyl (C=O) groups is 2. The highest BCUT2D eigenvalue weighted by Crippen LogP contribution is 2.61. The summed E-state index contributed by atoms with van der Waals surface area (Å²) in [5.74, 6) is 0.382. The van der Waals surface area contributed by atoms with Gasteiger partial charge in [-0.1, -0.05) is 52.8 Å². The quantitative estimate of drug-likeness (QED) is 0.219. The molecule has 0 spiro atoms. The van der Waals surface area contributed by atoms with Gasteiger partial charge in [0.25, 0.3) is 5.91 Å². The van der Waals surface area contributed by atoms with Crippen LogP contribution in [0.5, 0.6) is 5.75 Å². The van der Waals surface area contributed by atoms with Crippen molar-refractivity contribution >= 4 is 11.8 Å². The van der Waals surface area contributed by atoms with E-state index in [4.69, 9.17) is 9.57 Å². The maximum Gasteiger partial charge on any atom is 0.251 e. The second kappa shape index (κ2) is 15.9. The molecule has 3 aliphatic carbocycles. The molecule has 2 aromatic rings. The van der Waals surface area contributed by atoms with Gasteiger partial charge >= 0.3 is 0 Å². The summed E-state index contributed by atoms with van der Waals surface area (Å²) in [5.41, 5.74) is 2.16. The molecule has 1 heterocycles. The van der Waals surface area contributed by atoms with Crippen LogP contribution < -0.4 is 15.4 Å². The molecule has 0 aromatic heterocycles. The number of likely N-dealkylation sites (N-methyl/N-ethyl adjacent to an activating group) is 1. The number of aliphatic hydroxyl groups excluding tert-OH is 2. The fraction of sp³-hybridized carbons (Fsp3) is 0.650. The highest BCUT2D eigenvalue weighted by Gasteiger charge is 2.57. The summed E-state index contributed by atoms with van der Waals surface area (Å²) in [6.45, 7) is 13.1. The molecule has 11 heteroatoms. The largest absolute Gasteiger partial charge is 0.496 e. The summed E-state index contributed by atoms with van der Waals surface area (Å²) in [6.07, 6.45) is 1.16. The summed E-state index contributed by atoms with van der Waals surface area (Å²) in [5, 5.41) is 29.1. The number of ether oxygens (including phenoxy) is 1. The molecular formula is C40H59FN4O6. The lowest BCUT2D eigenvalue weighted by molar-refractivity contribution is -0.183. The maximum atomic E-state index is 15.2. The molecule has 4 N–H and O–H groups in total. The van der Waals surface area contributed by atoms with E-state index in [0.717, 1.165) is 12.8 Å². The van der Waals surface area contributed by atoms with Crippen molar-refractivity contribution in [1.29, 1.82) is 0 Å². The summed E-state index contributed by atoms with van der Waals surface area (Å²) in [6, 6.07) is 8.76. The van der Waals surface area contributed by atoms with Gasteiger partial charge in [0.05, 0.1) is 26.4 Å². The summed E-state index contributed by atoms with van der Waals surface area (Å²) < 4.78 is 21.1. The van der Waals surface area contributed by atoms with Crippen molar-refractivity contribution < 1.29 is 33.8 Å². The number of rotatable bonds is 14. The number of methoxy groups -OCH3 is 1. The zero-order valence-corrected chi connectivity index (χ0v) is 31.8. The number of hydroxylamine groups is 2. The van der Waals surface area contributed by atoms with Gasteiger partial charge < -0.3 is 30.5 Å². The molecule has 0 radical (unpaired) electrons. The van der Waals surface area contributed by atoms with Gasteiger partial charge in [-0.25, -0.2) is 4.39 Å². The molecule has 1 aliphatic heterocycles.